The molecular weight excluding hydrogens is 340 g/mol. The Morgan fingerprint density at radius 3 is 1.44 bits per heavy atom. The van der Waals surface area contributed by atoms with E-state index in [1.54, 1.807) is 0 Å². The third-order valence-corrected chi connectivity index (χ3v) is 3.39. The number of amidine groups is 2. The van der Waals surface area contributed by atoms with Crippen LogP contribution in [0, 0.1) is 10.8 Å². The van der Waals surface area contributed by atoms with Gasteiger partial charge >= 0.3 is 0 Å². The smallest absolute Gasteiger partial charge is 0.237 e. The molecule has 0 bridgehead atoms. The highest BCUT2D eigenvalue weighted by molar-refractivity contribution is 8.26. The maximum Gasteiger partial charge on any atom is 0.237 e. The second-order valence-electron chi connectivity index (χ2n) is 7.24. The SMILES string of the molecule is CCO/C(=N\N=C1N=N/C(=N/N=C(\OCC)C(C)(C)C)S\1)C(C)(C)C. The van der Waals surface area contributed by atoms with Crippen molar-refractivity contribution in [1.82, 2.24) is 0 Å². The van der Waals surface area contributed by atoms with Crippen molar-refractivity contribution in [1.29, 1.82) is 0 Å². The van der Waals surface area contributed by atoms with Crippen LogP contribution in [0.1, 0.15) is 55.4 Å². The van der Waals surface area contributed by atoms with Crippen LogP contribution in [-0.2, 0) is 9.47 Å². The highest BCUT2D eigenvalue weighted by Crippen LogP contribution is 2.22. The molecule has 25 heavy (non-hydrogen) atoms. The molecule has 1 aliphatic heterocycles. The zero-order valence-corrected chi connectivity index (χ0v) is 17.1. The Labute approximate surface area is 154 Å². The minimum atomic E-state index is -0.235. The van der Waals surface area contributed by atoms with Gasteiger partial charge in [-0.1, -0.05) is 41.5 Å². The van der Waals surface area contributed by atoms with Crippen molar-refractivity contribution in [3.8, 4) is 0 Å². The van der Waals surface area contributed by atoms with Crippen molar-refractivity contribution in [2.75, 3.05) is 13.2 Å². The lowest BCUT2D eigenvalue weighted by Crippen LogP contribution is -2.23. The second-order valence-corrected chi connectivity index (χ2v) is 8.18. The predicted molar refractivity (Wildman–Crippen MR) is 104 cm³/mol. The molecule has 0 N–H and O–H groups in total. The van der Waals surface area contributed by atoms with Crippen molar-refractivity contribution < 1.29 is 9.47 Å². The van der Waals surface area contributed by atoms with Gasteiger partial charge in [-0.3, -0.25) is 0 Å². The van der Waals surface area contributed by atoms with Gasteiger partial charge < -0.3 is 9.47 Å². The van der Waals surface area contributed by atoms with Crippen molar-refractivity contribution in [2.24, 2.45) is 41.5 Å². The fraction of sp³-hybridized carbons (Fsp3) is 0.750. The summed E-state index contributed by atoms with van der Waals surface area (Å²) in [5.41, 5.74) is -0.471. The van der Waals surface area contributed by atoms with Crippen molar-refractivity contribution >= 4 is 33.9 Å². The van der Waals surface area contributed by atoms with Crippen LogP contribution in [-0.4, -0.2) is 35.3 Å². The second kappa shape index (κ2) is 9.07. The summed E-state index contributed by atoms with van der Waals surface area (Å²) < 4.78 is 11.1. The van der Waals surface area contributed by atoms with Gasteiger partial charge in [-0.05, 0) is 25.6 Å². The third kappa shape index (κ3) is 7.33. The van der Waals surface area contributed by atoms with Crippen LogP contribution < -0.4 is 0 Å². The molecule has 0 fully saturated rings. The first kappa shape index (κ1) is 21.3. The first-order valence-electron chi connectivity index (χ1n) is 8.25. The largest absolute Gasteiger partial charge is 0.480 e. The lowest BCUT2D eigenvalue weighted by Gasteiger charge is -2.19. The van der Waals surface area contributed by atoms with Crippen LogP contribution in [0.5, 0.6) is 0 Å². The van der Waals surface area contributed by atoms with E-state index in [1.165, 1.54) is 11.8 Å². The molecule has 0 saturated heterocycles. The van der Waals surface area contributed by atoms with E-state index in [9.17, 15) is 0 Å². The standard InChI is InChI=1S/C16H28N6O2S/c1-9-23-11(15(3,4)5)17-19-13-21-22-14(25-13)20-18-12(24-10-2)16(6,7)8/h9-10H2,1-8H3/b17-11-,18-12-,19-13-,20-14-. The molecule has 0 aromatic heterocycles. The summed E-state index contributed by atoms with van der Waals surface area (Å²) in [6.45, 7) is 16.9. The van der Waals surface area contributed by atoms with E-state index in [-0.39, 0.29) is 10.8 Å². The van der Waals surface area contributed by atoms with E-state index < -0.39 is 0 Å². The molecule has 9 heteroatoms. The van der Waals surface area contributed by atoms with E-state index in [0.717, 1.165) is 0 Å². The van der Waals surface area contributed by atoms with Gasteiger partial charge in [0.25, 0.3) is 0 Å². The normalized spacial score (nSPS) is 19.8. The minimum absolute atomic E-state index is 0.235. The number of ether oxygens (including phenoxy) is 2. The molecule has 0 unspecified atom stereocenters. The van der Waals surface area contributed by atoms with Crippen LogP contribution in [0.25, 0.3) is 0 Å². The van der Waals surface area contributed by atoms with Gasteiger partial charge in [-0.2, -0.15) is 0 Å². The fourth-order valence-electron chi connectivity index (χ4n) is 1.53. The summed E-state index contributed by atoms with van der Waals surface area (Å²) in [6, 6.07) is 0. The maximum atomic E-state index is 5.53. The number of rotatable bonds is 4. The molecule has 1 heterocycles. The summed E-state index contributed by atoms with van der Waals surface area (Å²) in [5, 5.41) is 25.2. The molecule has 0 spiro atoms. The molecule has 0 saturated carbocycles. The molecule has 1 aliphatic rings. The Morgan fingerprint density at radius 1 is 0.800 bits per heavy atom. The third-order valence-electron chi connectivity index (χ3n) is 2.70. The zero-order valence-electron chi connectivity index (χ0n) is 16.3. The number of hydrogen-bond donors (Lipinski definition) is 0. The van der Waals surface area contributed by atoms with E-state index in [0.29, 0.717) is 35.3 Å². The fourth-order valence-corrected chi connectivity index (χ4v) is 2.02. The van der Waals surface area contributed by atoms with Gasteiger partial charge in [0.05, 0.1) is 13.2 Å². The van der Waals surface area contributed by atoms with Gasteiger partial charge in [0.15, 0.2) is 0 Å². The van der Waals surface area contributed by atoms with Gasteiger partial charge in [0, 0.05) is 10.8 Å². The van der Waals surface area contributed by atoms with Gasteiger partial charge in [0.1, 0.15) is 0 Å². The Balaban J connectivity index is 2.89. The van der Waals surface area contributed by atoms with Crippen LogP contribution in [0.2, 0.25) is 0 Å². The van der Waals surface area contributed by atoms with Crippen molar-refractivity contribution in [2.45, 2.75) is 55.4 Å². The Bertz CT molecular complexity index is 557. The first-order valence-corrected chi connectivity index (χ1v) is 9.07. The maximum absolute atomic E-state index is 5.53. The number of azo groups is 1. The summed E-state index contributed by atoms with van der Waals surface area (Å²) in [6.07, 6.45) is 0. The summed E-state index contributed by atoms with van der Waals surface area (Å²) in [5.74, 6) is 1.10. The number of hydrogen-bond acceptors (Lipinski definition) is 7. The van der Waals surface area contributed by atoms with Gasteiger partial charge in [-0.15, -0.1) is 30.6 Å². The van der Waals surface area contributed by atoms with Crippen LogP contribution in [0.15, 0.2) is 30.6 Å². The lowest BCUT2D eigenvalue weighted by atomic mass is 9.97. The molecule has 8 nitrogen and oxygen atoms in total. The zero-order chi connectivity index (χ0) is 19.1. The topological polar surface area (TPSA) is 92.6 Å². The Hall–Kier alpha value is -1.77. The van der Waals surface area contributed by atoms with Crippen LogP contribution in [0.3, 0.4) is 0 Å². The predicted octanol–water partition coefficient (Wildman–Crippen LogP) is 4.69. The quantitative estimate of drug-likeness (QED) is 0.409. The number of thioether (sulfide) groups is 1. The molecule has 0 aromatic rings. The molecule has 0 radical (unpaired) electrons. The molecule has 1 rings (SSSR count). The summed E-state index contributed by atoms with van der Waals surface area (Å²) in [4.78, 5) is 0. The van der Waals surface area contributed by atoms with E-state index in [2.05, 4.69) is 30.6 Å². The van der Waals surface area contributed by atoms with Crippen molar-refractivity contribution in [3.63, 3.8) is 0 Å². The van der Waals surface area contributed by atoms with E-state index >= 15 is 0 Å². The molecule has 0 aliphatic carbocycles. The van der Waals surface area contributed by atoms with Crippen molar-refractivity contribution in [3.05, 3.63) is 0 Å². The van der Waals surface area contributed by atoms with Gasteiger partial charge in [0.2, 0.25) is 22.1 Å². The highest BCUT2D eigenvalue weighted by Gasteiger charge is 2.23. The Morgan fingerprint density at radius 2 is 1.16 bits per heavy atom. The van der Waals surface area contributed by atoms with Gasteiger partial charge in [-0.25, -0.2) is 0 Å². The summed E-state index contributed by atoms with van der Waals surface area (Å²) in [7, 11) is 0. The number of nitrogens with zero attached hydrogens (tertiary/aromatic N) is 6. The molecule has 0 atom stereocenters. The van der Waals surface area contributed by atoms with E-state index in [1.807, 2.05) is 55.4 Å². The minimum Gasteiger partial charge on any atom is -0.480 e. The molecule has 0 aromatic carbocycles. The summed E-state index contributed by atoms with van der Waals surface area (Å²) >= 11 is 1.19. The van der Waals surface area contributed by atoms with E-state index in [4.69, 9.17) is 9.47 Å². The monoisotopic (exact) mass is 368 g/mol. The molecule has 140 valence electrons. The lowest BCUT2D eigenvalue weighted by molar-refractivity contribution is 0.278. The van der Waals surface area contributed by atoms with Crippen LogP contribution in [0.4, 0.5) is 0 Å². The molecular formula is C16H28N6O2S. The Kier molecular flexibility index (Phi) is 7.72. The average Bonchev–Trinajstić information content (AvgIpc) is 2.93. The average molecular weight is 369 g/mol. The first-order chi connectivity index (χ1) is 11.6. The van der Waals surface area contributed by atoms with Crippen LogP contribution >= 0.6 is 11.8 Å². The molecule has 0 amide bonds. The highest BCUT2D eigenvalue weighted by atomic mass is 32.2.